The summed E-state index contributed by atoms with van der Waals surface area (Å²) in [5, 5.41) is 0. The summed E-state index contributed by atoms with van der Waals surface area (Å²) in [5.41, 5.74) is 6.90. The highest BCUT2D eigenvalue weighted by atomic mass is 19.1. The molecule has 3 nitrogen and oxygen atoms in total. The van der Waals surface area contributed by atoms with Gasteiger partial charge in [-0.1, -0.05) is 0 Å². The zero-order valence-corrected chi connectivity index (χ0v) is 9.75. The Morgan fingerprint density at radius 3 is 2.88 bits per heavy atom. The van der Waals surface area contributed by atoms with E-state index in [-0.39, 0.29) is 6.04 Å². The van der Waals surface area contributed by atoms with Crippen LogP contribution in [0.3, 0.4) is 0 Å². The van der Waals surface area contributed by atoms with Gasteiger partial charge in [-0.05, 0) is 11.6 Å². The predicted octanol–water partition coefficient (Wildman–Crippen LogP) is 1.43. The molecular weight excluding hydrogens is 226 g/mol. The van der Waals surface area contributed by atoms with Crippen LogP contribution in [0.4, 0.5) is 8.78 Å². The van der Waals surface area contributed by atoms with Gasteiger partial charge in [-0.15, -0.1) is 0 Å². The minimum Gasteiger partial charge on any atom is -0.383 e. The van der Waals surface area contributed by atoms with Crippen molar-refractivity contribution in [3.05, 3.63) is 34.9 Å². The lowest BCUT2D eigenvalue weighted by Crippen LogP contribution is -2.30. The van der Waals surface area contributed by atoms with Crippen LogP contribution < -0.4 is 5.73 Å². The molecule has 1 aromatic carbocycles. The van der Waals surface area contributed by atoms with Gasteiger partial charge in [0.25, 0.3) is 0 Å². The maximum Gasteiger partial charge on any atom is 0.130 e. The van der Waals surface area contributed by atoms with E-state index in [4.69, 9.17) is 10.5 Å². The SMILES string of the molecule is COCCN1Cc2c(F)cc(F)cc2C1CN. The quantitative estimate of drug-likeness (QED) is 0.868. The minimum absolute atomic E-state index is 0.120. The molecule has 0 saturated heterocycles. The zero-order chi connectivity index (χ0) is 12.4. The highest BCUT2D eigenvalue weighted by Gasteiger charge is 2.31. The predicted molar refractivity (Wildman–Crippen MR) is 60.4 cm³/mol. The smallest absolute Gasteiger partial charge is 0.130 e. The van der Waals surface area contributed by atoms with Gasteiger partial charge in [-0.2, -0.15) is 0 Å². The van der Waals surface area contributed by atoms with Crippen molar-refractivity contribution in [2.75, 3.05) is 26.8 Å². The fourth-order valence-corrected chi connectivity index (χ4v) is 2.32. The molecule has 94 valence electrons. The monoisotopic (exact) mass is 242 g/mol. The molecule has 0 amide bonds. The Hall–Kier alpha value is -1.04. The largest absolute Gasteiger partial charge is 0.383 e. The Morgan fingerprint density at radius 2 is 2.24 bits per heavy atom. The Kier molecular flexibility index (Phi) is 3.71. The number of methoxy groups -OCH3 is 1. The summed E-state index contributed by atoms with van der Waals surface area (Å²) in [6, 6.07) is 2.18. The van der Waals surface area contributed by atoms with E-state index < -0.39 is 11.6 Å². The van der Waals surface area contributed by atoms with Crippen LogP contribution in [0.15, 0.2) is 12.1 Å². The average Bonchev–Trinajstić information content (AvgIpc) is 2.64. The molecule has 2 N–H and O–H groups in total. The van der Waals surface area contributed by atoms with Crippen LogP contribution in [0.1, 0.15) is 17.2 Å². The number of ether oxygens (including phenoxy) is 1. The first-order valence-electron chi connectivity index (χ1n) is 5.58. The summed E-state index contributed by atoms with van der Waals surface area (Å²) >= 11 is 0. The number of nitrogens with two attached hydrogens (primary N) is 1. The van der Waals surface area contributed by atoms with E-state index in [1.807, 2.05) is 4.90 Å². The lowest BCUT2D eigenvalue weighted by Gasteiger charge is -2.23. The molecule has 0 spiro atoms. The molecule has 1 aliphatic heterocycles. The second kappa shape index (κ2) is 5.08. The minimum atomic E-state index is -0.548. The van der Waals surface area contributed by atoms with Gasteiger partial charge in [-0.3, -0.25) is 4.90 Å². The van der Waals surface area contributed by atoms with Crippen molar-refractivity contribution >= 4 is 0 Å². The third-order valence-corrected chi connectivity index (χ3v) is 3.16. The zero-order valence-electron chi connectivity index (χ0n) is 9.75. The number of fused-ring (bicyclic) bond motifs is 1. The van der Waals surface area contributed by atoms with E-state index in [1.165, 1.54) is 6.07 Å². The van der Waals surface area contributed by atoms with Gasteiger partial charge in [0.2, 0.25) is 0 Å². The fraction of sp³-hybridized carbons (Fsp3) is 0.500. The number of benzene rings is 1. The van der Waals surface area contributed by atoms with Crippen LogP contribution in [0.5, 0.6) is 0 Å². The molecule has 2 rings (SSSR count). The Balaban J connectivity index is 2.28. The van der Waals surface area contributed by atoms with Crippen molar-refractivity contribution in [3.8, 4) is 0 Å². The third kappa shape index (κ3) is 2.31. The van der Waals surface area contributed by atoms with E-state index >= 15 is 0 Å². The van der Waals surface area contributed by atoms with Gasteiger partial charge >= 0.3 is 0 Å². The second-order valence-corrected chi connectivity index (χ2v) is 4.17. The molecule has 0 aliphatic carbocycles. The first kappa shape index (κ1) is 12.4. The van der Waals surface area contributed by atoms with Crippen molar-refractivity contribution in [1.82, 2.24) is 4.90 Å². The number of hydrogen-bond acceptors (Lipinski definition) is 3. The maximum absolute atomic E-state index is 13.6. The van der Waals surface area contributed by atoms with Crippen LogP contribution in [0, 0.1) is 11.6 Å². The lowest BCUT2D eigenvalue weighted by atomic mass is 10.0. The molecule has 17 heavy (non-hydrogen) atoms. The topological polar surface area (TPSA) is 38.5 Å². The van der Waals surface area contributed by atoms with Gasteiger partial charge in [-0.25, -0.2) is 8.78 Å². The lowest BCUT2D eigenvalue weighted by molar-refractivity contribution is 0.127. The molecule has 1 unspecified atom stereocenters. The first-order chi connectivity index (χ1) is 8.17. The van der Waals surface area contributed by atoms with Crippen LogP contribution in [0.25, 0.3) is 0 Å². The van der Waals surface area contributed by atoms with Crippen LogP contribution in [-0.4, -0.2) is 31.7 Å². The van der Waals surface area contributed by atoms with Crippen LogP contribution in [0.2, 0.25) is 0 Å². The molecule has 0 fully saturated rings. The van der Waals surface area contributed by atoms with Gasteiger partial charge in [0, 0.05) is 44.4 Å². The molecule has 1 aromatic rings. The average molecular weight is 242 g/mol. The van der Waals surface area contributed by atoms with Gasteiger partial charge in [0.05, 0.1) is 6.61 Å². The fourth-order valence-electron chi connectivity index (χ4n) is 2.32. The first-order valence-corrected chi connectivity index (χ1v) is 5.58. The highest BCUT2D eigenvalue weighted by Crippen LogP contribution is 2.34. The normalized spacial score (nSPS) is 19.6. The number of hydrogen-bond donors (Lipinski definition) is 1. The molecule has 0 aromatic heterocycles. The number of nitrogens with zero attached hydrogens (tertiary/aromatic N) is 1. The van der Waals surface area contributed by atoms with Crippen molar-refractivity contribution in [2.45, 2.75) is 12.6 Å². The summed E-state index contributed by atoms with van der Waals surface area (Å²) in [5.74, 6) is -1.04. The third-order valence-electron chi connectivity index (χ3n) is 3.16. The highest BCUT2D eigenvalue weighted by molar-refractivity contribution is 5.36. The Labute approximate surface area is 99.2 Å². The van der Waals surface area contributed by atoms with E-state index in [0.717, 1.165) is 6.07 Å². The second-order valence-electron chi connectivity index (χ2n) is 4.17. The molecule has 1 aliphatic rings. The van der Waals surface area contributed by atoms with Gasteiger partial charge in [0.1, 0.15) is 11.6 Å². The van der Waals surface area contributed by atoms with Gasteiger partial charge < -0.3 is 10.5 Å². The van der Waals surface area contributed by atoms with Crippen molar-refractivity contribution in [2.24, 2.45) is 5.73 Å². The van der Waals surface area contributed by atoms with Gasteiger partial charge in [0.15, 0.2) is 0 Å². The van der Waals surface area contributed by atoms with Crippen molar-refractivity contribution in [1.29, 1.82) is 0 Å². The molecule has 0 bridgehead atoms. The Bertz CT molecular complexity index is 412. The summed E-state index contributed by atoms with van der Waals surface area (Å²) in [4.78, 5) is 2.01. The number of halogens is 2. The molecule has 0 radical (unpaired) electrons. The summed E-state index contributed by atoms with van der Waals surface area (Å²) in [6.07, 6.45) is 0. The molecule has 1 heterocycles. The standard InChI is InChI=1S/C12H16F2N2O/c1-17-3-2-16-7-10-9(12(16)6-15)4-8(13)5-11(10)14/h4-5,12H,2-3,6-7,15H2,1H3. The van der Waals surface area contributed by atoms with Crippen molar-refractivity contribution < 1.29 is 13.5 Å². The van der Waals surface area contributed by atoms with E-state index in [9.17, 15) is 8.78 Å². The van der Waals surface area contributed by atoms with E-state index in [1.54, 1.807) is 7.11 Å². The molecule has 1 atom stereocenters. The van der Waals surface area contributed by atoms with E-state index in [0.29, 0.717) is 37.4 Å². The summed E-state index contributed by atoms with van der Waals surface area (Å²) in [7, 11) is 1.61. The van der Waals surface area contributed by atoms with E-state index in [2.05, 4.69) is 0 Å². The van der Waals surface area contributed by atoms with Crippen LogP contribution in [-0.2, 0) is 11.3 Å². The Morgan fingerprint density at radius 1 is 1.47 bits per heavy atom. The number of rotatable bonds is 4. The summed E-state index contributed by atoms with van der Waals surface area (Å²) in [6.45, 7) is 2.02. The maximum atomic E-state index is 13.6. The molecule has 0 saturated carbocycles. The molecular formula is C12H16F2N2O. The van der Waals surface area contributed by atoms with Crippen LogP contribution >= 0.6 is 0 Å². The summed E-state index contributed by atoms with van der Waals surface area (Å²) < 4.78 is 31.8. The molecule has 5 heteroatoms. The van der Waals surface area contributed by atoms with Crippen molar-refractivity contribution in [3.63, 3.8) is 0 Å².